The van der Waals surface area contributed by atoms with Gasteiger partial charge in [-0.1, -0.05) is 120 Å². The van der Waals surface area contributed by atoms with E-state index in [-0.39, 0.29) is 0 Å². The molecule has 0 spiro atoms. The number of hydrogen-bond donors (Lipinski definition) is 0. The predicted molar refractivity (Wildman–Crippen MR) is 103 cm³/mol. The molecule has 0 radical (unpaired) electrons. The Morgan fingerprint density at radius 1 is 0.571 bits per heavy atom. The van der Waals surface area contributed by atoms with Crippen LogP contribution in [0, 0.1) is 0 Å². The number of alkyl halides is 1. The lowest BCUT2D eigenvalue weighted by atomic mass is 9.99. The van der Waals surface area contributed by atoms with E-state index in [1.807, 2.05) is 0 Å². The molecule has 0 aromatic heterocycles. The second-order valence-electron chi connectivity index (χ2n) is 7.11. The third-order valence-corrected chi connectivity index (χ3v) is 5.75. The normalized spacial score (nSPS) is 14.3. The molecule has 21 heavy (non-hydrogen) atoms. The Morgan fingerprint density at radius 2 is 0.905 bits per heavy atom. The highest BCUT2D eigenvalue weighted by atomic mass is 79.9. The average molecular weight is 361 g/mol. The zero-order chi connectivity index (χ0) is 15.8. The van der Waals surface area contributed by atoms with Crippen molar-refractivity contribution in [3.63, 3.8) is 0 Å². The van der Waals surface area contributed by atoms with Crippen LogP contribution in [-0.4, -0.2) is 4.32 Å². The van der Waals surface area contributed by atoms with Gasteiger partial charge in [-0.05, 0) is 19.8 Å². The van der Waals surface area contributed by atoms with Crippen LogP contribution in [0.3, 0.4) is 0 Å². The van der Waals surface area contributed by atoms with E-state index in [1.54, 1.807) is 0 Å². The van der Waals surface area contributed by atoms with E-state index in [9.17, 15) is 0 Å². The van der Waals surface area contributed by atoms with Crippen molar-refractivity contribution in [1.29, 1.82) is 0 Å². The summed E-state index contributed by atoms with van der Waals surface area (Å²) < 4.78 is 0.393. The lowest BCUT2D eigenvalue weighted by Crippen LogP contribution is -2.13. The molecule has 0 saturated heterocycles. The van der Waals surface area contributed by atoms with Crippen LogP contribution in [0.1, 0.15) is 124 Å². The predicted octanol–water partition coefficient (Wildman–Crippen LogP) is 8.42. The van der Waals surface area contributed by atoms with Crippen molar-refractivity contribution in [2.45, 2.75) is 128 Å². The Balaban J connectivity index is 3.06. The van der Waals surface area contributed by atoms with Gasteiger partial charge in [0, 0.05) is 4.32 Å². The quantitative estimate of drug-likeness (QED) is 0.191. The molecule has 128 valence electrons. The summed E-state index contributed by atoms with van der Waals surface area (Å²) in [6, 6.07) is 0. The molecule has 0 heterocycles. The summed E-state index contributed by atoms with van der Waals surface area (Å²) in [5.41, 5.74) is 0. The van der Waals surface area contributed by atoms with Gasteiger partial charge in [0.05, 0.1) is 0 Å². The second-order valence-corrected chi connectivity index (χ2v) is 9.03. The minimum absolute atomic E-state index is 0.393. The first-order valence-corrected chi connectivity index (χ1v) is 10.6. The van der Waals surface area contributed by atoms with Gasteiger partial charge in [-0.15, -0.1) is 0 Å². The molecule has 0 aromatic rings. The summed E-state index contributed by atoms with van der Waals surface area (Å²) in [6.07, 6.45) is 22.9. The van der Waals surface area contributed by atoms with Gasteiger partial charge >= 0.3 is 0 Å². The van der Waals surface area contributed by atoms with Gasteiger partial charge in [0.15, 0.2) is 0 Å². The molecule has 0 N–H and O–H groups in total. The van der Waals surface area contributed by atoms with Crippen LogP contribution in [0.25, 0.3) is 0 Å². The van der Waals surface area contributed by atoms with Gasteiger partial charge in [-0.25, -0.2) is 0 Å². The molecule has 0 rings (SSSR count). The molecule has 0 aromatic carbocycles. The standard InChI is InChI=1S/C20H41Br/c1-4-6-7-8-9-10-11-12-13-14-15-16-17-18-19-20(3,21)5-2/h4-19H2,1-3H3. The first kappa shape index (κ1) is 21.5. The van der Waals surface area contributed by atoms with Gasteiger partial charge in [-0.3, -0.25) is 0 Å². The Bertz CT molecular complexity index is 198. The van der Waals surface area contributed by atoms with E-state index in [4.69, 9.17) is 0 Å². The van der Waals surface area contributed by atoms with Crippen molar-refractivity contribution in [2.75, 3.05) is 0 Å². The average Bonchev–Trinajstić information content (AvgIpc) is 2.47. The summed E-state index contributed by atoms with van der Waals surface area (Å²) in [4.78, 5) is 0. The van der Waals surface area contributed by atoms with Crippen molar-refractivity contribution in [2.24, 2.45) is 0 Å². The maximum Gasteiger partial charge on any atom is 0.0227 e. The third kappa shape index (κ3) is 16.7. The third-order valence-electron chi connectivity index (χ3n) is 4.79. The number of rotatable bonds is 16. The molecule has 0 aliphatic carbocycles. The minimum atomic E-state index is 0.393. The molecule has 1 atom stereocenters. The monoisotopic (exact) mass is 360 g/mol. The maximum atomic E-state index is 3.82. The fourth-order valence-corrected chi connectivity index (χ4v) is 3.15. The summed E-state index contributed by atoms with van der Waals surface area (Å²) in [5.74, 6) is 0. The highest BCUT2D eigenvalue weighted by Gasteiger charge is 2.15. The Kier molecular flexibility index (Phi) is 15.7. The van der Waals surface area contributed by atoms with Crippen LogP contribution in [0.2, 0.25) is 0 Å². The smallest absolute Gasteiger partial charge is 0.0227 e. The molecule has 0 bridgehead atoms. The van der Waals surface area contributed by atoms with E-state index in [2.05, 4.69) is 36.7 Å². The largest absolute Gasteiger partial charge is 0.0856 e. The number of unbranched alkanes of at least 4 members (excludes halogenated alkanes) is 13. The van der Waals surface area contributed by atoms with E-state index in [0.717, 1.165) is 0 Å². The van der Waals surface area contributed by atoms with Crippen LogP contribution in [0.15, 0.2) is 0 Å². The zero-order valence-electron chi connectivity index (χ0n) is 15.2. The van der Waals surface area contributed by atoms with Gasteiger partial charge < -0.3 is 0 Å². The van der Waals surface area contributed by atoms with Gasteiger partial charge in [0.2, 0.25) is 0 Å². The van der Waals surface area contributed by atoms with Crippen LogP contribution in [0.4, 0.5) is 0 Å². The second kappa shape index (κ2) is 15.4. The zero-order valence-corrected chi connectivity index (χ0v) is 16.8. The molecule has 1 heteroatoms. The molecular formula is C20H41Br. The van der Waals surface area contributed by atoms with Crippen LogP contribution < -0.4 is 0 Å². The molecule has 0 aliphatic heterocycles. The highest BCUT2D eigenvalue weighted by molar-refractivity contribution is 9.10. The molecule has 0 nitrogen and oxygen atoms in total. The van der Waals surface area contributed by atoms with E-state index in [1.165, 1.54) is 103 Å². The van der Waals surface area contributed by atoms with Crippen molar-refractivity contribution >= 4 is 15.9 Å². The first-order chi connectivity index (χ1) is 10.1. The van der Waals surface area contributed by atoms with E-state index < -0.39 is 0 Å². The molecule has 0 fully saturated rings. The van der Waals surface area contributed by atoms with Crippen molar-refractivity contribution < 1.29 is 0 Å². The minimum Gasteiger partial charge on any atom is -0.0856 e. The van der Waals surface area contributed by atoms with E-state index >= 15 is 0 Å². The molecule has 0 aliphatic rings. The number of hydrogen-bond acceptors (Lipinski definition) is 0. The summed E-state index contributed by atoms with van der Waals surface area (Å²) in [7, 11) is 0. The molecular weight excluding hydrogens is 320 g/mol. The summed E-state index contributed by atoms with van der Waals surface area (Å²) >= 11 is 3.82. The lowest BCUT2D eigenvalue weighted by molar-refractivity contribution is 0.504. The number of halogens is 1. The summed E-state index contributed by atoms with van der Waals surface area (Å²) in [6.45, 7) is 6.90. The fraction of sp³-hybridized carbons (Fsp3) is 1.00. The molecule has 1 unspecified atom stereocenters. The molecule has 0 saturated carbocycles. The highest BCUT2D eigenvalue weighted by Crippen LogP contribution is 2.28. The topological polar surface area (TPSA) is 0 Å². The van der Waals surface area contributed by atoms with E-state index in [0.29, 0.717) is 4.32 Å². The van der Waals surface area contributed by atoms with Crippen LogP contribution in [0.5, 0.6) is 0 Å². The van der Waals surface area contributed by atoms with Gasteiger partial charge in [-0.2, -0.15) is 0 Å². The Hall–Kier alpha value is 0.480. The Morgan fingerprint density at radius 3 is 1.24 bits per heavy atom. The first-order valence-electron chi connectivity index (χ1n) is 9.81. The Labute approximate surface area is 144 Å². The molecule has 0 amide bonds. The summed E-state index contributed by atoms with van der Waals surface area (Å²) in [5, 5.41) is 0. The van der Waals surface area contributed by atoms with Crippen LogP contribution in [-0.2, 0) is 0 Å². The van der Waals surface area contributed by atoms with Crippen molar-refractivity contribution in [3.05, 3.63) is 0 Å². The van der Waals surface area contributed by atoms with Crippen molar-refractivity contribution in [3.8, 4) is 0 Å². The van der Waals surface area contributed by atoms with Gasteiger partial charge in [0.1, 0.15) is 0 Å². The van der Waals surface area contributed by atoms with Crippen molar-refractivity contribution in [1.82, 2.24) is 0 Å². The fourth-order valence-electron chi connectivity index (χ4n) is 2.86. The SMILES string of the molecule is CCCCCCCCCCCCCCCCC(C)(Br)CC. The van der Waals surface area contributed by atoms with Crippen LogP contribution >= 0.6 is 15.9 Å². The lowest BCUT2D eigenvalue weighted by Gasteiger charge is -2.19. The van der Waals surface area contributed by atoms with Gasteiger partial charge in [0.25, 0.3) is 0 Å². The maximum absolute atomic E-state index is 3.82.